The molecule has 0 unspecified atom stereocenters. The quantitative estimate of drug-likeness (QED) is 0.247. The second kappa shape index (κ2) is 11.5. The third kappa shape index (κ3) is 5.99. The van der Waals surface area contributed by atoms with Crippen LogP contribution in [0.4, 0.5) is 0 Å². The van der Waals surface area contributed by atoms with Crippen LogP contribution in [0.5, 0.6) is 0 Å². The molecule has 0 saturated heterocycles. The summed E-state index contributed by atoms with van der Waals surface area (Å²) in [5.41, 5.74) is 7.98. The van der Waals surface area contributed by atoms with Crippen LogP contribution in [0.3, 0.4) is 0 Å². The first-order chi connectivity index (χ1) is 16.2. The van der Waals surface area contributed by atoms with Gasteiger partial charge in [-0.05, 0) is 56.7 Å². The standard InChI is InChI=1S/C24H23Cl2N5O2S/c1-14-7-18(12-33-4)20(10-27)24(29-14)34-13-23(32)30-28-11-17-8-15(2)31(16(17)3)22-6-5-19(25)9-21(22)26/h5-9,11H,12-13H2,1-4H3,(H,30,32)/b28-11-. The van der Waals surface area contributed by atoms with Crippen molar-refractivity contribution in [1.29, 1.82) is 5.26 Å². The fourth-order valence-electron chi connectivity index (χ4n) is 3.50. The predicted octanol–water partition coefficient (Wildman–Crippen LogP) is 5.36. The zero-order chi connectivity index (χ0) is 24.8. The summed E-state index contributed by atoms with van der Waals surface area (Å²) in [6.45, 7) is 6.05. The number of hydrogen-bond acceptors (Lipinski definition) is 6. The van der Waals surface area contributed by atoms with Crippen LogP contribution in [0.15, 0.2) is 40.5 Å². The van der Waals surface area contributed by atoms with E-state index >= 15 is 0 Å². The molecule has 7 nitrogen and oxygen atoms in total. The molecule has 0 spiro atoms. The van der Waals surface area contributed by atoms with Gasteiger partial charge in [0.2, 0.25) is 5.91 Å². The largest absolute Gasteiger partial charge is 0.380 e. The van der Waals surface area contributed by atoms with E-state index in [9.17, 15) is 10.1 Å². The number of pyridine rings is 1. The fourth-order valence-corrected chi connectivity index (χ4v) is 4.85. The number of methoxy groups -OCH3 is 1. The van der Waals surface area contributed by atoms with Gasteiger partial charge in [-0.1, -0.05) is 35.0 Å². The maximum atomic E-state index is 12.3. The molecule has 3 rings (SSSR count). The molecule has 2 heterocycles. The average Bonchev–Trinajstić information content (AvgIpc) is 3.05. The van der Waals surface area contributed by atoms with Crippen LogP contribution in [-0.2, 0) is 16.1 Å². The maximum Gasteiger partial charge on any atom is 0.250 e. The number of amides is 1. The molecule has 10 heteroatoms. The number of carbonyl (C=O) groups excluding carboxylic acids is 1. The highest BCUT2D eigenvalue weighted by molar-refractivity contribution is 8.00. The molecule has 0 saturated carbocycles. The molecule has 1 aromatic carbocycles. The van der Waals surface area contributed by atoms with E-state index in [0.29, 0.717) is 27.2 Å². The topological polar surface area (TPSA) is 92.3 Å². The summed E-state index contributed by atoms with van der Waals surface area (Å²) in [4.78, 5) is 16.7. The lowest BCUT2D eigenvalue weighted by Gasteiger charge is -2.11. The Morgan fingerprint density at radius 2 is 2.06 bits per heavy atom. The third-order valence-corrected chi connectivity index (χ3v) is 6.47. The Labute approximate surface area is 212 Å². The number of nitrogens with one attached hydrogen (secondary N) is 1. The van der Waals surface area contributed by atoms with E-state index in [-0.39, 0.29) is 11.7 Å². The van der Waals surface area contributed by atoms with Crippen molar-refractivity contribution in [2.45, 2.75) is 32.4 Å². The van der Waals surface area contributed by atoms with Crippen LogP contribution >= 0.6 is 35.0 Å². The van der Waals surface area contributed by atoms with Crippen LogP contribution in [0, 0.1) is 32.1 Å². The summed E-state index contributed by atoms with van der Waals surface area (Å²) in [6, 6.07) is 11.3. The first-order valence-corrected chi connectivity index (χ1v) is 12.0. The van der Waals surface area contributed by atoms with Crippen molar-refractivity contribution in [3.8, 4) is 11.8 Å². The average molecular weight is 516 g/mol. The van der Waals surface area contributed by atoms with Gasteiger partial charge < -0.3 is 9.30 Å². The van der Waals surface area contributed by atoms with E-state index < -0.39 is 0 Å². The molecule has 0 atom stereocenters. The number of aromatic nitrogens is 2. The lowest BCUT2D eigenvalue weighted by molar-refractivity contribution is -0.118. The molecule has 34 heavy (non-hydrogen) atoms. The van der Waals surface area contributed by atoms with E-state index in [1.165, 1.54) is 11.8 Å². The number of aryl methyl sites for hydroxylation is 2. The van der Waals surface area contributed by atoms with Crippen LogP contribution in [-0.4, -0.2) is 34.5 Å². The van der Waals surface area contributed by atoms with Crippen LogP contribution in [0.1, 0.15) is 33.8 Å². The number of halogens is 2. The lowest BCUT2D eigenvalue weighted by atomic mass is 10.1. The van der Waals surface area contributed by atoms with Crippen molar-refractivity contribution in [3.05, 3.63) is 74.1 Å². The Morgan fingerprint density at radius 1 is 1.29 bits per heavy atom. The number of hydrazone groups is 1. The Hall–Kier alpha value is -2.83. The van der Waals surface area contributed by atoms with E-state index in [4.69, 9.17) is 27.9 Å². The monoisotopic (exact) mass is 515 g/mol. The number of ether oxygens (including phenoxy) is 1. The highest BCUT2D eigenvalue weighted by atomic mass is 35.5. The molecule has 3 aromatic rings. The minimum absolute atomic E-state index is 0.0638. The summed E-state index contributed by atoms with van der Waals surface area (Å²) >= 11 is 13.6. The first-order valence-electron chi connectivity index (χ1n) is 10.2. The molecule has 0 aliphatic carbocycles. The van der Waals surface area contributed by atoms with E-state index in [1.807, 2.05) is 43.5 Å². The highest BCUT2D eigenvalue weighted by Gasteiger charge is 2.15. The van der Waals surface area contributed by atoms with Crippen molar-refractivity contribution in [1.82, 2.24) is 15.0 Å². The number of rotatable bonds is 8. The summed E-state index contributed by atoms with van der Waals surface area (Å²) in [5, 5.41) is 15.2. The fraction of sp³-hybridized carbons (Fsp3) is 0.250. The molecule has 1 N–H and O–H groups in total. The summed E-state index contributed by atoms with van der Waals surface area (Å²) in [6.07, 6.45) is 1.59. The number of thioether (sulfide) groups is 1. The SMILES string of the molecule is COCc1cc(C)nc(SCC(=O)N/N=C\c2cc(C)n(-c3ccc(Cl)cc3Cl)c2C)c1C#N. The Bertz CT molecular complexity index is 1300. The summed E-state index contributed by atoms with van der Waals surface area (Å²) in [7, 11) is 1.57. The van der Waals surface area contributed by atoms with Crippen molar-refractivity contribution >= 4 is 47.1 Å². The first kappa shape index (κ1) is 25.8. The lowest BCUT2D eigenvalue weighted by Crippen LogP contribution is -2.20. The molecular weight excluding hydrogens is 493 g/mol. The Morgan fingerprint density at radius 3 is 2.74 bits per heavy atom. The minimum atomic E-state index is -0.309. The van der Waals surface area contributed by atoms with Gasteiger partial charge in [-0.3, -0.25) is 4.79 Å². The number of hydrogen-bond donors (Lipinski definition) is 1. The Balaban J connectivity index is 1.68. The predicted molar refractivity (Wildman–Crippen MR) is 136 cm³/mol. The van der Waals surface area contributed by atoms with Gasteiger partial charge in [-0.15, -0.1) is 0 Å². The van der Waals surface area contributed by atoms with Crippen molar-refractivity contribution in [2.24, 2.45) is 5.10 Å². The van der Waals surface area contributed by atoms with Gasteiger partial charge in [0.15, 0.2) is 0 Å². The van der Waals surface area contributed by atoms with Gasteiger partial charge in [0.25, 0.3) is 0 Å². The summed E-state index contributed by atoms with van der Waals surface area (Å²) in [5.74, 6) is -0.245. The maximum absolute atomic E-state index is 12.3. The van der Waals surface area contributed by atoms with E-state index in [0.717, 1.165) is 33.9 Å². The van der Waals surface area contributed by atoms with Crippen LogP contribution in [0.25, 0.3) is 5.69 Å². The zero-order valence-electron chi connectivity index (χ0n) is 19.1. The minimum Gasteiger partial charge on any atom is -0.380 e. The number of nitrogens with zero attached hydrogens (tertiary/aromatic N) is 4. The van der Waals surface area contributed by atoms with Crippen LogP contribution in [0.2, 0.25) is 10.0 Å². The van der Waals surface area contributed by atoms with Crippen molar-refractivity contribution in [3.63, 3.8) is 0 Å². The summed E-state index contributed by atoms with van der Waals surface area (Å²) < 4.78 is 7.16. The molecule has 0 radical (unpaired) electrons. The molecule has 1 amide bonds. The third-order valence-electron chi connectivity index (χ3n) is 4.96. The van der Waals surface area contributed by atoms with Gasteiger partial charge in [0.05, 0.1) is 34.8 Å². The zero-order valence-corrected chi connectivity index (χ0v) is 21.5. The van der Waals surface area contributed by atoms with E-state index in [1.54, 1.807) is 25.5 Å². The highest BCUT2D eigenvalue weighted by Crippen LogP contribution is 2.28. The number of carbonyl (C=O) groups is 1. The molecule has 0 fully saturated rings. The van der Waals surface area contributed by atoms with Gasteiger partial charge in [0, 0.05) is 34.8 Å². The molecule has 2 aromatic heterocycles. The van der Waals surface area contributed by atoms with Crippen molar-refractivity contribution in [2.75, 3.05) is 12.9 Å². The Kier molecular flexibility index (Phi) is 8.75. The molecule has 176 valence electrons. The molecular formula is C24H23Cl2N5O2S. The normalized spacial score (nSPS) is 11.1. The smallest absolute Gasteiger partial charge is 0.250 e. The van der Waals surface area contributed by atoms with E-state index in [2.05, 4.69) is 21.6 Å². The molecule has 0 bridgehead atoms. The molecule has 0 aliphatic heterocycles. The second-order valence-electron chi connectivity index (χ2n) is 7.49. The van der Waals surface area contributed by atoms with Gasteiger partial charge >= 0.3 is 0 Å². The van der Waals surface area contributed by atoms with Gasteiger partial charge in [-0.25, -0.2) is 10.4 Å². The van der Waals surface area contributed by atoms with Crippen LogP contribution < -0.4 is 5.43 Å². The number of benzene rings is 1. The number of nitriles is 1. The van der Waals surface area contributed by atoms with Gasteiger partial charge in [-0.2, -0.15) is 10.4 Å². The molecule has 0 aliphatic rings. The second-order valence-corrected chi connectivity index (χ2v) is 9.29. The van der Waals surface area contributed by atoms with Gasteiger partial charge in [0.1, 0.15) is 11.1 Å². The van der Waals surface area contributed by atoms with Crippen molar-refractivity contribution < 1.29 is 9.53 Å².